The zero-order chi connectivity index (χ0) is 19.7. The van der Waals surface area contributed by atoms with Crippen molar-refractivity contribution in [1.82, 2.24) is 5.32 Å². The summed E-state index contributed by atoms with van der Waals surface area (Å²) in [6.07, 6.45) is 2.47. The van der Waals surface area contributed by atoms with E-state index in [2.05, 4.69) is 5.32 Å². The molecule has 1 N–H and O–H groups in total. The number of furan rings is 1. The maximum atomic E-state index is 13.0. The molecule has 28 heavy (non-hydrogen) atoms. The first-order chi connectivity index (χ1) is 13.6. The number of aryl methyl sites for hydroxylation is 1. The van der Waals surface area contributed by atoms with Crippen molar-refractivity contribution in [2.45, 2.75) is 13.3 Å². The number of rotatable bonds is 4. The number of benzene rings is 2. The fourth-order valence-electron chi connectivity index (χ4n) is 3.15. The number of nitrogens with zero attached hydrogens (tertiary/aromatic N) is 1. The summed E-state index contributed by atoms with van der Waals surface area (Å²) >= 11 is 11.4. The second-order valence-corrected chi connectivity index (χ2v) is 7.15. The van der Waals surface area contributed by atoms with Gasteiger partial charge in [0, 0.05) is 16.7 Å². The van der Waals surface area contributed by atoms with Crippen LogP contribution in [-0.2, 0) is 11.2 Å². The van der Waals surface area contributed by atoms with E-state index in [0.717, 1.165) is 23.2 Å². The summed E-state index contributed by atoms with van der Waals surface area (Å²) in [7, 11) is 0. The van der Waals surface area contributed by atoms with Crippen LogP contribution >= 0.6 is 23.8 Å². The van der Waals surface area contributed by atoms with Gasteiger partial charge in [0.2, 0.25) is 0 Å². The number of hydrogen-bond donors (Lipinski definition) is 1. The largest absolute Gasteiger partial charge is 0.457 e. The Kier molecular flexibility index (Phi) is 5.03. The second kappa shape index (κ2) is 7.62. The van der Waals surface area contributed by atoms with Gasteiger partial charge in [-0.1, -0.05) is 48.9 Å². The molecule has 4 rings (SSSR count). The molecule has 140 valence electrons. The fraction of sp³-hybridized carbons (Fsp3) is 0.0909. The second-order valence-electron chi connectivity index (χ2n) is 6.32. The van der Waals surface area contributed by atoms with Gasteiger partial charge in [0.05, 0.1) is 5.69 Å². The van der Waals surface area contributed by atoms with Crippen LogP contribution in [0.15, 0.2) is 70.8 Å². The number of anilines is 1. The van der Waals surface area contributed by atoms with Gasteiger partial charge < -0.3 is 9.73 Å². The molecule has 0 radical (unpaired) electrons. The maximum Gasteiger partial charge on any atom is 0.281 e. The molecule has 4 nitrogen and oxygen atoms in total. The molecule has 1 fully saturated rings. The summed E-state index contributed by atoms with van der Waals surface area (Å²) in [4.78, 5) is 14.5. The number of para-hydroxylation sites is 1. The Morgan fingerprint density at radius 2 is 1.96 bits per heavy atom. The van der Waals surface area contributed by atoms with Crippen LogP contribution in [0, 0.1) is 0 Å². The van der Waals surface area contributed by atoms with Crippen molar-refractivity contribution in [3.63, 3.8) is 0 Å². The van der Waals surface area contributed by atoms with Crippen LogP contribution in [0.3, 0.4) is 0 Å². The van der Waals surface area contributed by atoms with E-state index in [1.807, 2.05) is 67.6 Å². The van der Waals surface area contributed by atoms with E-state index in [4.69, 9.17) is 28.2 Å². The van der Waals surface area contributed by atoms with Gasteiger partial charge in [-0.3, -0.25) is 9.69 Å². The molecule has 1 aliphatic heterocycles. The van der Waals surface area contributed by atoms with Crippen molar-refractivity contribution in [3.8, 4) is 11.3 Å². The fourth-order valence-corrected chi connectivity index (χ4v) is 3.63. The summed E-state index contributed by atoms with van der Waals surface area (Å²) in [6, 6.07) is 18.8. The van der Waals surface area contributed by atoms with Gasteiger partial charge in [-0.05, 0) is 54.5 Å². The number of thiocarbonyl (C=S) groups is 1. The number of nitrogens with one attached hydrogen (secondary N) is 1. The van der Waals surface area contributed by atoms with Crippen molar-refractivity contribution < 1.29 is 9.21 Å². The third kappa shape index (κ3) is 3.46. The highest BCUT2D eigenvalue weighted by Crippen LogP contribution is 2.28. The number of hydrogen-bond acceptors (Lipinski definition) is 3. The predicted octanol–water partition coefficient (Wildman–Crippen LogP) is 5.42. The molecule has 2 heterocycles. The zero-order valence-corrected chi connectivity index (χ0v) is 16.7. The standard InChI is InChI=1S/C22H17ClN2O2S/c1-2-14-6-3-4-9-19(14)25-21(26)18(24-22(25)28)13-17-10-11-20(27-17)15-7-5-8-16(23)12-15/h3-13H,2H2,1H3,(H,24,28)/b18-13+. The smallest absolute Gasteiger partial charge is 0.281 e. The first kappa shape index (κ1) is 18.5. The third-order valence-electron chi connectivity index (χ3n) is 4.51. The SMILES string of the molecule is CCc1ccccc1N1C(=O)/C(=C\c2ccc(-c3cccc(Cl)c3)o2)NC1=S. The summed E-state index contributed by atoms with van der Waals surface area (Å²) in [6.45, 7) is 2.05. The lowest BCUT2D eigenvalue weighted by atomic mass is 10.1. The molecule has 6 heteroatoms. The third-order valence-corrected chi connectivity index (χ3v) is 5.03. The molecule has 1 amide bonds. The molecular weight excluding hydrogens is 392 g/mol. The highest BCUT2D eigenvalue weighted by molar-refractivity contribution is 7.80. The highest BCUT2D eigenvalue weighted by Gasteiger charge is 2.33. The van der Waals surface area contributed by atoms with Crippen LogP contribution in [0.5, 0.6) is 0 Å². The average Bonchev–Trinajstić information content (AvgIpc) is 3.27. The molecule has 1 aliphatic rings. The summed E-state index contributed by atoms with van der Waals surface area (Å²) in [5.74, 6) is 1.03. The molecule has 0 unspecified atom stereocenters. The van der Waals surface area contributed by atoms with Crippen molar-refractivity contribution in [3.05, 3.63) is 82.7 Å². The Balaban J connectivity index is 1.63. The van der Waals surface area contributed by atoms with E-state index in [9.17, 15) is 4.79 Å². The van der Waals surface area contributed by atoms with Crippen LogP contribution in [0.4, 0.5) is 5.69 Å². The molecule has 1 saturated heterocycles. The topological polar surface area (TPSA) is 45.5 Å². The minimum Gasteiger partial charge on any atom is -0.457 e. The maximum absolute atomic E-state index is 13.0. The Hall–Kier alpha value is -2.89. The lowest BCUT2D eigenvalue weighted by Crippen LogP contribution is -2.31. The average molecular weight is 409 g/mol. The molecule has 2 aromatic carbocycles. The van der Waals surface area contributed by atoms with E-state index in [1.165, 1.54) is 4.90 Å². The summed E-state index contributed by atoms with van der Waals surface area (Å²) in [5, 5.41) is 3.99. The van der Waals surface area contributed by atoms with Crippen molar-refractivity contribution >= 4 is 46.6 Å². The molecule has 0 saturated carbocycles. The molecule has 0 spiro atoms. The first-order valence-corrected chi connectivity index (χ1v) is 9.66. The highest BCUT2D eigenvalue weighted by atomic mass is 35.5. The number of carbonyl (C=O) groups is 1. The van der Waals surface area contributed by atoms with Crippen molar-refractivity contribution in [2.75, 3.05) is 4.90 Å². The Bertz CT molecular complexity index is 1100. The molecule has 1 aromatic heterocycles. The lowest BCUT2D eigenvalue weighted by Gasteiger charge is -2.17. The van der Waals surface area contributed by atoms with Gasteiger partial charge in [-0.15, -0.1) is 0 Å². The van der Waals surface area contributed by atoms with Crippen LogP contribution in [0.2, 0.25) is 5.02 Å². The summed E-state index contributed by atoms with van der Waals surface area (Å²) < 4.78 is 5.87. The van der Waals surface area contributed by atoms with E-state index >= 15 is 0 Å². The van der Waals surface area contributed by atoms with E-state index in [0.29, 0.717) is 27.4 Å². The van der Waals surface area contributed by atoms with Crippen LogP contribution in [-0.4, -0.2) is 11.0 Å². The Morgan fingerprint density at radius 1 is 1.14 bits per heavy atom. The number of halogens is 1. The zero-order valence-electron chi connectivity index (χ0n) is 15.1. The monoisotopic (exact) mass is 408 g/mol. The molecule has 0 bridgehead atoms. The minimum absolute atomic E-state index is 0.202. The van der Waals surface area contributed by atoms with Gasteiger partial charge >= 0.3 is 0 Å². The minimum atomic E-state index is -0.202. The van der Waals surface area contributed by atoms with E-state index < -0.39 is 0 Å². The van der Waals surface area contributed by atoms with Crippen molar-refractivity contribution in [1.29, 1.82) is 0 Å². The van der Waals surface area contributed by atoms with Crippen molar-refractivity contribution in [2.24, 2.45) is 0 Å². The van der Waals surface area contributed by atoms with Gasteiger partial charge in [0.15, 0.2) is 5.11 Å². The normalized spacial score (nSPS) is 15.4. The molecule has 0 aliphatic carbocycles. The van der Waals surface area contributed by atoms with Gasteiger partial charge in [0.1, 0.15) is 17.2 Å². The summed E-state index contributed by atoms with van der Waals surface area (Å²) in [5.41, 5.74) is 3.11. The van der Waals surface area contributed by atoms with Gasteiger partial charge in [-0.25, -0.2) is 0 Å². The van der Waals surface area contributed by atoms with E-state index in [-0.39, 0.29) is 5.91 Å². The van der Waals surface area contributed by atoms with Crippen LogP contribution in [0.1, 0.15) is 18.2 Å². The number of carbonyl (C=O) groups excluding carboxylic acids is 1. The quantitative estimate of drug-likeness (QED) is 0.462. The van der Waals surface area contributed by atoms with Gasteiger partial charge in [0.25, 0.3) is 5.91 Å². The molecule has 3 aromatic rings. The van der Waals surface area contributed by atoms with Crippen LogP contribution < -0.4 is 10.2 Å². The Morgan fingerprint density at radius 3 is 2.75 bits per heavy atom. The van der Waals surface area contributed by atoms with Crippen LogP contribution in [0.25, 0.3) is 17.4 Å². The van der Waals surface area contributed by atoms with Gasteiger partial charge in [-0.2, -0.15) is 0 Å². The number of amides is 1. The molecule has 0 atom stereocenters. The molecular formula is C22H17ClN2O2S. The Labute approximate surface area is 173 Å². The lowest BCUT2D eigenvalue weighted by molar-refractivity contribution is -0.113. The van der Waals surface area contributed by atoms with E-state index in [1.54, 1.807) is 6.08 Å². The first-order valence-electron chi connectivity index (χ1n) is 8.87. The predicted molar refractivity (Wildman–Crippen MR) is 116 cm³/mol.